The molecule has 0 radical (unpaired) electrons. The van der Waals surface area contributed by atoms with Gasteiger partial charge < -0.3 is 0 Å². The molecule has 0 atom stereocenters. The van der Waals surface area contributed by atoms with Crippen LogP contribution in [0.5, 0.6) is 0 Å². The van der Waals surface area contributed by atoms with Crippen LogP contribution in [0.2, 0.25) is 0 Å². The second-order valence-electron chi connectivity index (χ2n) is 3.80. The molecule has 0 aromatic heterocycles. The Kier molecular flexibility index (Phi) is 2.44. The molecular formula is C9H18N2. The molecule has 1 saturated heterocycles. The zero-order valence-electron chi connectivity index (χ0n) is 7.18. The molecule has 0 aromatic rings. The molecule has 1 aliphatic carbocycles. The molecule has 0 aromatic carbocycles. The summed E-state index contributed by atoms with van der Waals surface area (Å²) in [6.45, 7) is 2.55. The van der Waals surface area contributed by atoms with Gasteiger partial charge in [0.05, 0.1) is 0 Å². The van der Waals surface area contributed by atoms with Gasteiger partial charge in [-0.05, 0) is 19.3 Å². The SMILES string of the molecule is C1CCC(NN2CCC2)CC1. The average Bonchev–Trinajstić information content (AvgIpc) is 1.99. The molecular weight excluding hydrogens is 136 g/mol. The van der Waals surface area contributed by atoms with E-state index in [1.54, 1.807) is 0 Å². The van der Waals surface area contributed by atoms with E-state index >= 15 is 0 Å². The van der Waals surface area contributed by atoms with Gasteiger partial charge in [0.25, 0.3) is 0 Å². The van der Waals surface area contributed by atoms with Crippen LogP contribution in [0.3, 0.4) is 0 Å². The largest absolute Gasteiger partial charge is 0.252 e. The Morgan fingerprint density at radius 2 is 1.64 bits per heavy atom. The molecule has 0 spiro atoms. The third-order valence-electron chi connectivity index (χ3n) is 2.83. The van der Waals surface area contributed by atoms with E-state index in [0.29, 0.717) is 0 Å². The summed E-state index contributed by atoms with van der Waals surface area (Å²) >= 11 is 0. The Morgan fingerprint density at radius 3 is 2.18 bits per heavy atom. The Hall–Kier alpha value is -0.0800. The number of nitrogens with zero attached hydrogens (tertiary/aromatic N) is 1. The molecule has 0 bridgehead atoms. The molecule has 2 fully saturated rings. The zero-order valence-corrected chi connectivity index (χ0v) is 7.18. The van der Waals surface area contributed by atoms with Crippen molar-refractivity contribution >= 4 is 0 Å². The minimum Gasteiger partial charge on any atom is -0.252 e. The molecule has 1 saturated carbocycles. The van der Waals surface area contributed by atoms with Crippen LogP contribution in [0.15, 0.2) is 0 Å². The van der Waals surface area contributed by atoms with Crippen molar-refractivity contribution in [2.75, 3.05) is 13.1 Å². The van der Waals surface area contributed by atoms with Crippen LogP contribution in [0.4, 0.5) is 0 Å². The lowest BCUT2D eigenvalue weighted by atomic mass is 9.96. The van der Waals surface area contributed by atoms with Gasteiger partial charge in [-0.3, -0.25) is 5.43 Å². The highest BCUT2D eigenvalue weighted by atomic mass is 15.5. The first-order valence-corrected chi connectivity index (χ1v) is 4.96. The maximum Gasteiger partial charge on any atom is 0.0215 e. The standard InChI is InChI=1S/C9H18N2/c1-2-5-9(6-3-1)10-11-7-4-8-11/h9-10H,1-8H2. The minimum atomic E-state index is 0.809. The van der Waals surface area contributed by atoms with Crippen LogP contribution >= 0.6 is 0 Å². The first-order chi connectivity index (χ1) is 5.45. The summed E-state index contributed by atoms with van der Waals surface area (Å²) in [5, 5.41) is 2.37. The van der Waals surface area contributed by atoms with Gasteiger partial charge in [0.15, 0.2) is 0 Å². The summed E-state index contributed by atoms with van der Waals surface area (Å²) in [5.41, 5.74) is 3.59. The topological polar surface area (TPSA) is 15.3 Å². The number of hydrazine groups is 1. The normalized spacial score (nSPS) is 28.4. The van der Waals surface area contributed by atoms with E-state index in [1.165, 1.54) is 51.6 Å². The van der Waals surface area contributed by atoms with Crippen molar-refractivity contribution in [1.29, 1.82) is 0 Å². The van der Waals surface area contributed by atoms with Crippen molar-refractivity contribution in [3.05, 3.63) is 0 Å². The molecule has 1 N–H and O–H groups in total. The molecule has 1 heterocycles. The summed E-state index contributed by atoms with van der Waals surface area (Å²) < 4.78 is 0. The quantitative estimate of drug-likeness (QED) is 0.649. The summed E-state index contributed by atoms with van der Waals surface area (Å²) in [5.74, 6) is 0. The van der Waals surface area contributed by atoms with Crippen LogP contribution < -0.4 is 5.43 Å². The van der Waals surface area contributed by atoms with Crippen molar-refractivity contribution in [3.8, 4) is 0 Å². The van der Waals surface area contributed by atoms with Crippen LogP contribution in [-0.2, 0) is 0 Å². The number of hydrogen-bond donors (Lipinski definition) is 1. The maximum absolute atomic E-state index is 3.59. The lowest BCUT2D eigenvalue weighted by molar-refractivity contribution is 0.0749. The number of rotatable bonds is 2. The lowest BCUT2D eigenvalue weighted by Crippen LogP contribution is -2.52. The lowest BCUT2D eigenvalue weighted by Gasteiger charge is -2.36. The van der Waals surface area contributed by atoms with E-state index in [4.69, 9.17) is 0 Å². The third kappa shape index (κ3) is 1.94. The van der Waals surface area contributed by atoms with Crippen LogP contribution in [0.25, 0.3) is 0 Å². The molecule has 2 nitrogen and oxygen atoms in total. The highest BCUT2D eigenvalue weighted by Gasteiger charge is 2.19. The van der Waals surface area contributed by atoms with E-state index in [9.17, 15) is 0 Å². The van der Waals surface area contributed by atoms with Gasteiger partial charge in [-0.25, -0.2) is 5.01 Å². The summed E-state index contributed by atoms with van der Waals surface area (Å²) in [7, 11) is 0. The Bertz CT molecular complexity index is 115. The van der Waals surface area contributed by atoms with E-state index in [0.717, 1.165) is 6.04 Å². The highest BCUT2D eigenvalue weighted by Crippen LogP contribution is 2.18. The van der Waals surface area contributed by atoms with Crippen molar-refractivity contribution < 1.29 is 0 Å². The van der Waals surface area contributed by atoms with Crippen LogP contribution in [0, 0.1) is 0 Å². The molecule has 2 rings (SSSR count). The molecule has 2 aliphatic rings. The van der Waals surface area contributed by atoms with E-state index in [2.05, 4.69) is 10.4 Å². The van der Waals surface area contributed by atoms with E-state index < -0.39 is 0 Å². The van der Waals surface area contributed by atoms with Gasteiger partial charge in [0.2, 0.25) is 0 Å². The van der Waals surface area contributed by atoms with Gasteiger partial charge >= 0.3 is 0 Å². The van der Waals surface area contributed by atoms with Crippen LogP contribution in [0.1, 0.15) is 38.5 Å². The highest BCUT2D eigenvalue weighted by molar-refractivity contribution is 4.73. The predicted molar refractivity (Wildman–Crippen MR) is 46.2 cm³/mol. The fourth-order valence-electron chi connectivity index (χ4n) is 1.94. The first-order valence-electron chi connectivity index (χ1n) is 4.96. The smallest absolute Gasteiger partial charge is 0.0215 e. The first kappa shape index (κ1) is 7.56. The van der Waals surface area contributed by atoms with Gasteiger partial charge in [-0.15, -0.1) is 0 Å². The fraction of sp³-hybridized carbons (Fsp3) is 1.00. The molecule has 1 aliphatic heterocycles. The summed E-state index contributed by atoms with van der Waals surface area (Å²) in [6, 6.07) is 0.809. The maximum atomic E-state index is 3.59. The third-order valence-corrected chi connectivity index (χ3v) is 2.83. The zero-order chi connectivity index (χ0) is 7.52. The Morgan fingerprint density at radius 1 is 0.909 bits per heavy atom. The molecule has 64 valence electrons. The van der Waals surface area contributed by atoms with E-state index in [1.807, 2.05) is 0 Å². The van der Waals surface area contributed by atoms with Crippen molar-refractivity contribution in [3.63, 3.8) is 0 Å². The second kappa shape index (κ2) is 3.55. The van der Waals surface area contributed by atoms with Gasteiger partial charge in [0.1, 0.15) is 0 Å². The number of nitrogens with one attached hydrogen (secondary N) is 1. The van der Waals surface area contributed by atoms with E-state index in [-0.39, 0.29) is 0 Å². The predicted octanol–water partition coefficient (Wildman–Crippen LogP) is 1.53. The van der Waals surface area contributed by atoms with Crippen molar-refractivity contribution in [2.45, 2.75) is 44.6 Å². The van der Waals surface area contributed by atoms with Gasteiger partial charge in [-0.2, -0.15) is 0 Å². The van der Waals surface area contributed by atoms with Gasteiger partial charge in [0, 0.05) is 19.1 Å². The monoisotopic (exact) mass is 154 g/mol. The van der Waals surface area contributed by atoms with Crippen molar-refractivity contribution in [2.24, 2.45) is 0 Å². The molecule has 0 amide bonds. The van der Waals surface area contributed by atoms with Crippen molar-refractivity contribution in [1.82, 2.24) is 10.4 Å². The number of hydrogen-bond acceptors (Lipinski definition) is 2. The Balaban J connectivity index is 1.67. The van der Waals surface area contributed by atoms with Gasteiger partial charge in [-0.1, -0.05) is 19.3 Å². The summed E-state index contributed by atoms with van der Waals surface area (Å²) in [6.07, 6.45) is 8.52. The fourth-order valence-corrected chi connectivity index (χ4v) is 1.94. The molecule has 11 heavy (non-hydrogen) atoms. The minimum absolute atomic E-state index is 0.809. The Labute approximate surface area is 68.9 Å². The molecule has 2 heteroatoms. The van der Waals surface area contributed by atoms with Crippen LogP contribution in [-0.4, -0.2) is 24.1 Å². The molecule has 0 unspecified atom stereocenters. The summed E-state index contributed by atoms with van der Waals surface area (Å²) in [4.78, 5) is 0. The second-order valence-corrected chi connectivity index (χ2v) is 3.80. The average molecular weight is 154 g/mol.